The number of nitrogens with one attached hydrogen (secondary N) is 2. The smallest absolute Gasteiger partial charge is 0.412 e. The number of alkyl carbamates (subject to hydrolysis) is 1. The lowest BCUT2D eigenvalue weighted by atomic mass is 10.2. The van der Waals surface area contributed by atoms with Crippen LogP contribution in [0.2, 0.25) is 0 Å². The van der Waals surface area contributed by atoms with Gasteiger partial charge >= 0.3 is 6.09 Å². The molecule has 0 aromatic carbocycles. The number of ether oxygens (including phenoxy) is 1. The lowest BCUT2D eigenvalue weighted by Crippen LogP contribution is -2.32. The molecule has 82 valence electrons. The van der Waals surface area contributed by atoms with E-state index >= 15 is 0 Å². The minimum absolute atomic E-state index is 0.456. The van der Waals surface area contributed by atoms with Crippen LogP contribution in [-0.2, 0) is 4.74 Å². The highest BCUT2D eigenvalue weighted by Crippen LogP contribution is 2.07. The van der Waals surface area contributed by atoms with Crippen LogP contribution >= 0.6 is 0 Å². The Morgan fingerprint density at radius 1 is 1.40 bits per heavy atom. The summed E-state index contributed by atoms with van der Waals surface area (Å²) in [5.41, 5.74) is 0.180. The van der Waals surface area contributed by atoms with Crippen molar-refractivity contribution in [1.29, 1.82) is 0 Å². The Balaban J connectivity index is 2.48. The highest BCUT2D eigenvalue weighted by atomic mass is 16.6. The summed E-state index contributed by atoms with van der Waals surface area (Å²) in [6.45, 7) is 5.47. The first-order valence-electron chi connectivity index (χ1n) is 4.77. The summed E-state index contributed by atoms with van der Waals surface area (Å²) >= 11 is 0. The standard InChI is InChI=1S/C11H16N2O2/c1-11(2,3)15-10(14)13-9-6-4-5-7-12-8-9/h4-8,12H,1-3H3,(H,13,14). The maximum Gasteiger partial charge on any atom is 0.412 e. The van der Waals surface area contributed by atoms with Crippen LogP contribution in [0.25, 0.3) is 0 Å². The van der Waals surface area contributed by atoms with Gasteiger partial charge < -0.3 is 10.1 Å². The molecule has 1 rings (SSSR count). The van der Waals surface area contributed by atoms with E-state index in [-0.39, 0.29) is 0 Å². The van der Waals surface area contributed by atoms with E-state index in [1.54, 1.807) is 18.5 Å². The number of carbonyl (C=O) groups excluding carboxylic acids is 1. The molecule has 0 radical (unpaired) electrons. The molecule has 1 heterocycles. The van der Waals surface area contributed by atoms with Crippen LogP contribution in [0.1, 0.15) is 20.8 Å². The fraction of sp³-hybridized carbons (Fsp3) is 0.364. The van der Waals surface area contributed by atoms with E-state index in [0.717, 1.165) is 0 Å². The summed E-state index contributed by atoms with van der Waals surface area (Å²) in [6.07, 6.45) is 8.43. The lowest BCUT2D eigenvalue weighted by molar-refractivity contribution is 0.0548. The molecule has 0 fully saturated rings. The van der Waals surface area contributed by atoms with Crippen molar-refractivity contribution in [2.45, 2.75) is 26.4 Å². The summed E-state index contributed by atoms with van der Waals surface area (Å²) in [5.74, 6) is 0. The number of rotatable bonds is 1. The zero-order valence-corrected chi connectivity index (χ0v) is 9.20. The number of amides is 1. The Hall–Kier alpha value is -1.71. The second-order valence-electron chi connectivity index (χ2n) is 4.11. The number of carbonyl (C=O) groups is 1. The molecule has 0 saturated heterocycles. The predicted molar refractivity (Wildman–Crippen MR) is 58.9 cm³/mol. The molecule has 4 heteroatoms. The van der Waals surface area contributed by atoms with Crippen LogP contribution in [0.3, 0.4) is 0 Å². The van der Waals surface area contributed by atoms with Gasteiger partial charge in [0.2, 0.25) is 0 Å². The lowest BCUT2D eigenvalue weighted by Gasteiger charge is -2.19. The van der Waals surface area contributed by atoms with E-state index in [4.69, 9.17) is 4.74 Å². The first-order valence-corrected chi connectivity index (χ1v) is 4.77. The summed E-state index contributed by atoms with van der Waals surface area (Å²) in [7, 11) is 0. The van der Waals surface area contributed by atoms with E-state index in [9.17, 15) is 4.79 Å². The summed E-state index contributed by atoms with van der Waals surface area (Å²) in [6, 6.07) is 0. The number of hydrogen-bond donors (Lipinski definition) is 2. The summed E-state index contributed by atoms with van der Waals surface area (Å²) in [4.78, 5) is 11.4. The second kappa shape index (κ2) is 4.68. The number of allylic oxidation sites excluding steroid dienone is 3. The molecular formula is C11H16N2O2. The maximum atomic E-state index is 11.4. The van der Waals surface area contributed by atoms with Gasteiger partial charge in [-0.3, -0.25) is 5.32 Å². The molecule has 0 unspecified atom stereocenters. The molecule has 0 aliphatic carbocycles. The van der Waals surface area contributed by atoms with Gasteiger partial charge in [0, 0.05) is 12.4 Å². The third kappa shape index (κ3) is 4.90. The molecule has 2 N–H and O–H groups in total. The minimum atomic E-state index is -0.481. The average molecular weight is 208 g/mol. The van der Waals surface area contributed by atoms with E-state index in [1.807, 2.05) is 32.9 Å². The van der Waals surface area contributed by atoms with Crippen LogP contribution in [0, 0.1) is 0 Å². The highest BCUT2D eigenvalue weighted by Gasteiger charge is 2.16. The van der Waals surface area contributed by atoms with Crippen molar-refractivity contribution < 1.29 is 9.53 Å². The topological polar surface area (TPSA) is 50.4 Å². The maximum absolute atomic E-state index is 11.4. The molecule has 0 spiro atoms. The number of hydrogen-bond acceptors (Lipinski definition) is 3. The Morgan fingerprint density at radius 2 is 2.13 bits per heavy atom. The highest BCUT2D eigenvalue weighted by molar-refractivity contribution is 5.70. The fourth-order valence-corrected chi connectivity index (χ4v) is 0.956. The third-order valence-corrected chi connectivity index (χ3v) is 1.46. The van der Waals surface area contributed by atoms with Gasteiger partial charge in [0.25, 0.3) is 0 Å². The third-order valence-electron chi connectivity index (χ3n) is 1.46. The van der Waals surface area contributed by atoms with E-state index in [1.165, 1.54) is 0 Å². The molecule has 0 aromatic heterocycles. The Kier molecular flexibility index (Phi) is 3.55. The molecule has 0 aromatic rings. The quantitative estimate of drug-likeness (QED) is 0.693. The van der Waals surface area contributed by atoms with Crippen LogP contribution in [0.5, 0.6) is 0 Å². The molecule has 1 aliphatic heterocycles. The van der Waals surface area contributed by atoms with Crippen LogP contribution in [-0.4, -0.2) is 11.7 Å². The molecule has 4 nitrogen and oxygen atoms in total. The Bertz CT molecular complexity index is 322. The molecule has 0 atom stereocenters. The zero-order chi connectivity index (χ0) is 11.3. The van der Waals surface area contributed by atoms with Crippen molar-refractivity contribution in [3.05, 3.63) is 36.3 Å². The van der Waals surface area contributed by atoms with E-state index in [0.29, 0.717) is 5.70 Å². The molecule has 0 saturated carbocycles. The van der Waals surface area contributed by atoms with Crippen molar-refractivity contribution in [2.24, 2.45) is 0 Å². The van der Waals surface area contributed by atoms with Crippen LogP contribution in [0.4, 0.5) is 4.79 Å². The molecule has 1 aliphatic rings. The van der Waals surface area contributed by atoms with Gasteiger partial charge in [-0.05, 0) is 32.9 Å². The Morgan fingerprint density at radius 3 is 2.80 bits per heavy atom. The van der Waals surface area contributed by atoms with Gasteiger partial charge in [0.1, 0.15) is 5.60 Å². The van der Waals surface area contributed by atoms with Crippen LogP contribution < -0.4 is 10.6 Å². The Labute approximate surface area is 89.7 Å². The van der Waals surface area contributed by atoms with Crippen LogP contribution in [0.15, 0.2) is 36.3 Å². The van der Waals surface area contributed by atoms with E-state index < -0.39 is 11.7 Å². The molecule has 1 amide bonds. The fourth-order valence-electron chi connectivity index (χ4n) is 0.956. The largest absolute Gasteiger partial charge is 0.444 e. The summed E-state index contributed by atoms with van der Waals surface area (Å²) in [5, 5.41) is 5.52. The van der Waals surface area contributed by atoms with Gasteiger partial charge in [0.05, 0.1) is 5.70 Å². The van der Waals surface area contributed by atoms with Crippen molar-refractivity contribution in [3.63, 3.8) is 0 Å². The van der Waals surface area contributed by atoms with Gasteiger partial charge in [-0.15, -0.1) is 0 Å². The predicted octanol–water partition coefficient (Wildman–Crippen LogP) is 2.03. The van der Waals surface area contributed by atoms with Crippen molar-refractivity contribution in [1.82, 2.24) is 10.6 Å². The van der Waals surface area contributed by atoms with Gasteiger partial charge in [-0.25, -0.2) is 4.79 Å². The van der Waals surface area contributed by atoms with Gasteiger partial charge in [-0.2, -0.15) is 0 Å². The van der Waals surface area contributed by atoms with Crippen molar-refractivity contribution >= 4 is 6.09 Å². The van der Waals surface area contributed by atoms with Gasteiger partial charge in [0.15, 0.2) is 0 Å². The molecular weight excluding hydrogens is 192 g/mol. The first kappa shape index (κ1) is 11.4. The zero-order valence-electron chi connectivity index (χ0n) is 9.20. The van der Waals surface area contributed by atoms with Crippen molar-refractivity contribution in [2.75, 3.05) is 0 Å². The molecule has 15 heavy (non-hydrogen) atoms. The molecule has 0 bridgehead atoms. The first-order chi connectivity index (χ1) is 6.97. The minimum Gasteiger partial charge on any atom is -0.444 e. The van der Waals surface area contributed by atoms with Gasteiger partial charge in [-0.1, -0.05) is 6.08 Å². The second-order valence-corrected chi connectivity index (χ2v) is 4.11. The summed E-state index contributed by atoms with van der Waals surface area (Å²) < 4.78 is 5.11. The van der Waals surface area contributed by atoms with E-state index in [2.05, 4.69) is 10.6 Å². The monoisotopic (exact) mass is 208 g/mol. The van der Waals surface area contributed by atoms with Crippen molar-refractivity contribution in [3.8, 4) is 0 Å². The SMILES string of the molecule is CC(C)(C)OC(=O)NC1=CNC=CC=C1. The normalized spacial score (nSPS) is 15.0. The average Bonchev–Trinajstić information content (AvgIpc) is 2.28.